The maximum Gasteiger partial charge on any atom is 0.175 e. The molecule has 3 atom stereocenters. The number of rotatable bonds is 5. The summed E-state index contributed by atoms with van der Waals surface area (Å²) in [5, 5.41) is 3.74. The second-order valence-electron chi connectivity index (χ2n) is 7.14. The van der Waals surface area contributed by atoms with Gasteiger partial charge in [-0.05, 0) is 71.6 Å². The molecule has 0 radical (unpaired) electrons. The van der Waals surface area contributed by atoms with Gasteiger partial charge in [0.1, 0.15) is 5.75 Å². The first-order valence-electron chi connectivity index (χ1n) is 9.72. The lowest BCUT2D eigenvalue weighted by Gasteiger charge is -2.43. The van der Waals surface area contributed by atoms with Crippen molar-refractivity contribution in [1.82, 2.24) is 0 Å². The molecule has 28 heavy (non-hydrogen) atoms. The minimum Gasteiger partial charge on any atom is -0.497 e. The van der Waals surface area contributed by atoms with Crippen molar-refractivity contribution in [2.75, 3.05) is 32.8 Å². The summed E-state index contributed by atoms with van der Waals surface area (Å²) < 4.78 is 24.0. The highest BCUT2D eigenvalue weighted by molar-refractivity contribution is 9.10. The van der Waals surface area contributed by atoms with Crippen LogP contribution in [0.1, 0.15) is 43.0 Å². The number of anilines is 1. The van der Waals surface area contributed by atoms with Crippen molar-refractivity contribution in [1.29, 1.82) is 0 Å². The van der Waals surface area contributed by atoms with Crippen LogP contribution in [0, 0.1) is 5.92 Å². The van der Waals surface area contributed by atoms with Crippen molar-refractivity contribution in [3.05, 3.63) is 45.9 Å². The zero-order valence-electron chi connectivity index (χ0n) is 16.5. The number of methoxy groups -OCH3 is 2. The Morgan fingerprint density at radius 2 is 2.04 bits per heavy atom. The molecule has 2 aliphatic rings. The van der Waals surface area contributed by atoms with Gasteiger partial charge in [-0.1, -0.05) is 0 Å². The minimum atomic E-state index is 0.0569. The second-order valence-corrected chi connectivity index (χ2v) is 7.99. The van der Waals surface area contributed by atoms with Crippen molar-refractivity contribution < 1.29 is 18.9 Å². The van der Waals surface area contributed by atoms with E-state index in [1.54, 1.807) is 14.2 Å². The van der Waals surface area contributed by atoms with E-state index in [0.29, 0.717) is 12.5 Å². The lowest BCUT2D eigenvalue weighted by atomic mass is 9.77. The molecule has 0 bridgehead atoms. The lowest BCUT2D eigenvalue weighted by molar-refractivity contribution is -0.0382. The Bertz CT molecular complexity index is 857. The average molecular weight is 448 g/mol. The number of ether oxygens (including phenoxy) is 4. The number of fused-ring (bicyclic) bond motifs is 3. The van der Waals surface area contributed by atoms with Crippen molar-refractivity contribution >= 4 is 21.6 Å². The van der Waals surface area contributed by atoms with Gasteiger partial charge >= 0.3 is 0 Å². The third kappa shape index (κ3) is 3.44. The number of halogens is 1. The molecule has 0 aromatic heterocycles. The number of benzene rings is 2. The molecule has 0 aliphatic carbocycles. The standard InChI is InChI=1S/C22H26BrNO4/c1-4-27-22-17(23)10-13(11-19(22)26-3)20-15-6-5-9-28-21(15)16-12-14(25-2)7-8-18(16)24-20/h7-8,10-12,15,20-21,24H,4-6,9H2,1-3H3/t15-,20-,21-/m0/s1. The third-order valence-electron chi connectivity index (χ3n) is 5.57. The Morgan fingerprint density at radius 3 is 2.79 bits per heavy atom. The smallest absolute Gasteiger partial charge is 0.175 e. The molecular formula is C22H26BrNO4. The molecule has 2 aliphatic heterocycles. The van der Waals surface area contributed by atoms with E-state index < -0.39 is 0 Å². The minimum absolute atomic E-state index is 0.0569. The van der Waals surface area contributed by atoms with Crippen molar-refractivity contribution in [3.63, 3.8) is 0 Å². The molecule has 0 amide bonds. The van der Waals surface area contributed by atoms with E-state index in [4.69, 9.17) is 18.9 Å². The predicted molar refractivity (Wildman–Crippen MR) is 113 cm³/mol. The normalized spacial score (nSPS) is 23.2. The highest BCUT2D eigenvalue weighted by Gasteiger charge is 2.40. The van der Waals surface area contributed by atoms with Crippen LogP contribution >= 0.6 is 15.9 Å². The van der Waals surface area contributed by atoms with Crippen LogP contribution in [0.2, 0.25) is 0 Å². The molecule has 6 heteroatoms. The molecule has 2 heterocycles. The maximum atomic E-state index is 6.25. The van der Waals surface area contributed by atoms with E-state index in [2.05, 4.69) is 45.5 Å². The Hall–Kier alpha value is -1.92. The lowest BCUT2D eigenvalue weighted by Crippen LogP contribution is -2.36. The Morgan fingerprint density at radius 1 is 1.18 bits per heavy atom. The molecule has 1 N–H and O–H groups in total. The number of nitrogens with one attached hydrogen (secondary N) is 1. The Balaban J connectivity index is 1.76. The van der Waals surface area contributed by atoms with Gasteiger partial charge in [-0.25, -0.2) is 0 Å². The summed E-state index contributed by atoms with van der Waals surface area (Å²) in [5.41, 5.74) is 3.43. The summed E-state index contributed by atoms with van der Waals surface area (Å²) in [4.78, 5) is 0. The Kier molecular flexibility index (Phi) is 5.69. The molecule has 0 unspecified atom stereocenters. The van der Waals surface area contributed by atoms with Gasteiger partial charge in [0.15, 0.2) is 11.5 Å². The van der Waals surface area contributed by atoms with Gasteiger partial charge in [0.25, 0.3) is 0 Å². The van der Waals surface area contributed by atoms with Crippen LogP contribution in [0.25, 0.3) is 0 Å². The van der Waals surface area contributed by atoms with Gasteiger partial charge in [0, 0.05) is 23.8 Å². The first-order valence-corrected chi connectivity index (χ1v) is 10.5. The first kappa shape index (κ1) is 19.4. The molecule has 0 spiro atoms. The van der Waals surface area contributed by atoms with Gasteiger partial charge in [-0.3, -0.25) is 0 Å². The summed E-state index contributed by atoms with van der Waals surface area (Å²) in [6.07, 6.45) is 2.22. The maximum absolute atomic E-state index is 6.25. The predicted octanol–water partition coefficient (Wildman–Crippen LogP) is 5.50. The van der Waals surface area contributed by atoms with E-state index >= 15 is 0 Å². The topological polar surface area (TPSA) is 49.0 Å². The van der Waals surface area contributed by atoms with Crippen LogP contribution in [-0.2, 0) is 4.74 Å². The molecule has 0 saturated carbocycles. The van der Waals surface area contributed by atoms with Gasteiger partial charge < -0.3 is 24.3 Å². The highest BCUT2D eigenvalue weighted by atomic mass is 79.9. The monoisotopic (exact) mass is 447 g/mol. The van der Waals surface area contributed by atoms with Crippen LogP contribution in [0.4, 0.5) is 5.69 Å². The SMILES string of the molecule is CCOc1c(Br)cc([C@@H]2Nc3ccc(OC)cc3[C@H]3OCCC[C@H]32)cc1OC. The zero-order valence-corrected chi connectivity index (χ0v) is 18.0. The van der Waals surface area contributed by atoms with Crippen LogP contribution in [0.5, 0.6) is 17.2 Å². The largest absolute Gasteiger partial charge is 0.497 e. The zero-order chi connectivity index (χ0) is 19.7. The summed E-state index contributed by atoms with van der Waals surface area (Å²) in [6, 6.07) is 10.5. The van der Waals surface area contributed by atoms with Gasteiger partial charge in [-0.15, -0.1) is 0 Å². The van der Waals surface area contributed by atoms with Crippen LogP contribution in [0.15, 0.2) is 34.8 Å². The highest BCUT2D eigenvalue weighted by Crippen LogP contribution is 2.51. The van der Waals surface area contributed by atoms with Crippen molar-refractivity contribution in [3.8, 4) is 17.2 Å². The van der Waals surface area contributed by atoms with E-state index in [0.717, 1.165) is 52.4 Å². The van der Waals surface area contributed by atoms with Crippen LogP contribution in [0.3, 0.4) is 0 Å². The number of hydrogen-bond donors (Lipinski definition) is 1. The fourth-order valence-corrected chi connectivity index (χ4v) is 4.88. The quantitative estimate of drug-likeness (QED) is 0.655. The first-order chi connectivity index (χ1) is 13.7. The van der Waals surface area contributed by atoms with E-state index in [9.17, 15) is 0 Å². The molecule has 2 aromatic carbocycles. The molecule has 2 aromatic rings. The summed E-state index contributed by atoms with van der Waals surface area (Å²) >= 11 is 3.66. The average Bonchev–Trinajstić information content (AvgIpc) is 2.74. The molecule has 5 nitrogen and oxygen atoms in total. The van der Waals surface area contributed by atoms with Gasteiger partial charge in [0.2, 0.25) is 0 Å². The molecular weight excluding hydrogens is 422 g/mol. The number of hydrogen-bond acceptors (Lipinski definition) is 5. The van der Waals surface area contributed by atoms with E-state index in [1.807, 2.05) is 13.0 Å². The van der Waals surface area contributed by atoms with Crippen LogP contribution in [-0.4, -0.2) is 27.4 Å². The van der Waals surface area contributed by atoms with Crippen molar-refractivity contribution in [2.24, 2.45) is 5.92 Å². The second kappa shape index (κ2) is 8.21. The molecule has 1 saturated heterocycles. The van der Waals surface area contributed by atoms with E-state index in [1.165, 1.54) is 5.56 Å². The molecule has 1 fully saturated rings. The van der Waals surface area contributed by atoms with Crippen molar-refractivity contribution in [2.45, 2.75) is 31.9 Å². The van der Waals surface area contributed by atoms with Crippen LogP contribution < -0.4 is 19.5 Å². The fourth-order valence-electron chi connectivity index (χ4n) is 4.31. The molecule has 150 valence electrons. The van der Waals surface area contributed by atoms with E-state index in [-0.39, 0.29) is 12.1 Å². The Labute approximate surface area is 174 Å². The van der Waals surface area contributed by atoms with Gasteiger partial charge in [0.05, 0.1) is 37.4 Å². The summed E-state index contributed by atoms with van der Waals surface area (Å²) in [6.45, 7) is 3.35. The third-order valence-corrected chi connectivity index (χ3v) is 6.16. The van der Waals surface area contributed by atoms with Gasteiger partial charge in [-0.2, -0.15) is 0 Å². The molecule has 4 rings (SSSR count). The fraction of sp³-hybridized carbons (Fsp3) is 0.455. The summed E-state index contributed by atoms with van der Waals surface area (Å²) in [5.74, 6) is 2.67. The summed E-state index contributed by atoms with van der Waals surface area (Å²) in [7, 11) is 3.38.